The van der Waals surface area contributed by atoms with Crippen molar-refractivity contribution in [1.82, 2.24) is 9.69 Å². The minimum Gasteiger partial charge on any atom is -0.481 e. The molecule has 0 radical (unpaired) electrons. The van der Waals surface area contributed by atoms with Gasteiger partial charge in [-0.25, -0.2) is 0 Å². The van der Waals surface area contributed by atoms with Crippen LogP contribution in [0.2, 0.25) is 0 Å². The highest BCUT2D eigenvalue weighted by Gasteiger charge is 2.21. The van der Waals surface area contributed by atoms with Gasteiger partial charge in [-0.1, -0.05) is 30.3 Å². The molecule has 1 unspecified atom stereocenters. The number of aryl methyl sites for hydroxylation is 1. The fourth-order valence-electron chi connectivity index (χ4n) is 2.49. The third kappa shape index (κ3) is 4.79. The Labute approximate surface area is 145 Å². The molecule has 2 aromatic rings. The van der Waals surface area contributed by atoms with Crippen molar-refractivity contribution in [2.24, 2.45) is 0 Å². The molecule has 0 bridgehead atoms. The van der Waals surface area contributed by atoms with E-state index in [0.717, 1.165) is 5.56 Å². The lowest BCUT2D eigenvalue weighted by Crippen LogP contribution is -2.37. The molecule has 0 fully saturated rings. The van der Waals surface area contributed by atoms with Crippen LogP contribution >= 0.6 is 11.5 Å². The van der Waals surface area contributed by atoms with E-state index < -0.39 is 5.97 Å². The van der Waals surface area contributed by atoms with E-state index in [9.17, 15) is 9.59 Å². The Morgan fingerprint density at radius 3 is 2.62 bits per heavy atom. The first-order valence-corrected chi connectivity index (χ1v) is 8.49. The SMILES string of the molecule is CNc1snc(C)c1C(=O)NC(CCC(=O)O)Cc1ccccc1. The Morgan fingerprint density at radius 2 is 2.00 bits per heavy atom. The van der Waals surface area contributed by atoms with Crippen molar-refractivity contribution in [2.45, 2.75) is 32.2 Å². The summed E-state index contributed by atoms with van der Waals surface area (Å²) < 4.78 is 4.20. The quantitative estimate of drug-likeness (QED) is 0.683. The van der Waals surface area contributed by atoms with E-state index in [-0.39, 0.29) is 18.4 Å². The Morgan fingerprint density at radius 1 is 1.29 bits per heavy atom. The Kier molecular flexibility index (Phi) is 6.31. The number of aliphatic carboxylic acids is 1. The molecule has 3 N–H and O–H groups in total. The lowest BCUT2D eigenvalue weighted by atomic mass is 10.0. The van der Waals surface area contributed by atoms with E-state index in [1.54, 1.807) is 14.0 Å². The number of carbonyl (C=O) groups excluding carboxylic acids is 1. The third-order valence-corrected chi connectivity index (χ3v) is 4.64. The van der Waals surface area contributed by atoms with E-state index in [1.165, 1.54) is 11.5 Å². The molecule has 0 spiro atoms. The van der Waals surface area contributed by atoms with Crippen LogP contribution in [0.1, 0.15) is 34.5 Å². The molecule has 1 atom stereocenters. The summed E-state index contributed by atoms with van der Waals surface area (Å²) in [7, 11) is 1.75. The molecule has 0 saturated heterocycles. The molecule has 24 heavy (non-hydrogen) atoms. The van der Waals surface area contributed by atoms with Crippen molar-refractivity contribution >= 4 is 28.4 Å². The van der Waals surface area contributed by atoms with Gasteiger partial charge in [0.2, 0.25) is 0 Å². The second-order valence-electron chi connectivity index (χ2n) is 5.51. The molecule has 2 rings (SSSR count). The number of carboxylic acids is 1. The predicted molar refractivity (Wildman–Crippen MR) is 94.7 cm³/mol. The summed E-state index contributed by atoms with van der Waals surface area (Å²) in [6.45, 7) is 1.79. The minimum absolute atomic E-state index is 0.0114. The number of benzene rings is 1. The molecular formula is C17H21N3O3S. The number of rotatable bonds is 8. The van der Waals surface area contributed by atoms with Crippen molar-refractivity contribution in [3.05, 3.63) is 47.2 Å². The highest BCUT2D eigenvalue weighted by Crippen LogP contribution is 2.24. The standard InChI is InChI=1S/C17H21N3O3S/c1-11-15(17(18-2)24-20-11)16(23)19-13(8-9-14(21)22)10-12-6-4-3-5-7-12/h3-7,13,18H,8-10H2,1-2H3,(H,19,23)(H,21,22). The Hall–Kier alpha value is -2.41. The number of carbonyl (C=O) groups is 2. The van der Waals surface area contributed by atoms with E-state index in [1.807, 2.05) is 30.3 Å². The number of anilines is 1. The largest absolute Gasteiger partial charge is 0.481 e. The summed E-state index contributed by atoms with van der Waals surface area (Å²) in [5.41, 5.74) is 2.25. The third-order valence-electron chi connectivity index (χ3n) is 3.68. The van der Waals surface area contributed by atoms with Crippen LogP contribution in [-0.2, 0) is 11.2 Å². The summed E-state index contributed by atoms with van der Waals surface area (Å²) >= 11 is 1.24. The van der Waals surface area contributed by atoms with Gasteiger partial charge in [-0.15, -0.1) is 0 Å². The zero-order valence-corrected chi connectivity index (χ0v) is 14.5. The molecule has 6 nitrogen and oxygen atoms in total. The number of amides is 1. The van der Waals surface area contributed by atoms with E-state index >= 15 is 0 Å². The zero-order valence-electron chi connectivity index (χ0n) is 13.7. The number of aromatic nitrogens is 1. The summed E-state index contributed by atoms with van der Waals surface area (Å²) in [5.74, 6) is -1.09. The number of hydrogen-bond donors (Lipinski definition) is 3. The summed E-state index contributed by atoms with van der Waals surface area (Å²) in [6.07, 6.45) is 0.977. The van der Waals surface area contributed by atoms with Crippen LogP contribution in [0.3, 0.4) is 0 Å². The van der Waals surface area contributed by atoms with Gasteiger partial charge < -0.3 is 15.7 Å². The molecule has 0 saturated carbocycles. The van der Waals surface area contributed by atoms with Crippen LogP contribution in [0.5, 0.6) is 0 Å². The van der Waals surface area contributed by atoms with Crippen molar-refractivity contribution < 1.29 is 14.7 Å². The number of carboxylic acid groups (broad SMARTS) is 1. The molecule has 1 aromatic carbocycles. The van der Waals surface area contributed by atoms with Crippen LogP contribution in [-0.4, -0.2) is 34.4 Å². The van der Waals surface area contributed by atoms with Crippen molar-refractivity contribution in [3.8, 4) is 0 Å². The monoisotopic (exact) mass is 347 g/mol. The normalized spacial score (nSPS) is 11.8. The van der Waals surface area contributed by atoms with Gasteiger partial charge in [-0.3, -0.25) is 9.59 Å². The lowest BCUT2D eigenvalue weighted by molar-refractivity contribution is -0.137. The van der Waals surface area contributed by atoms with Crippen LogP contribution in [0, 0.1) is 6.92 Å². The first-order valence-electron chi connectivity index (χ1n) is 7.72. The van der Waals surface area contributed by atoms with Gasteiger partial charge in [-0.05, 0) is 36.9 Å². The van der Waals surface area contributed by atoms with Gasteiger partial charge in [0, 0.05) is 19.5 Å². The first kappa shape index (κ1) is 17.9. The molecular weight excluding hydrogens is 326 g/mol. The van der Waals surface area contributed by atoms with Gasteiger partial charge in [-0.2, -0.15) is 4.37 Å². The number of nitrogens with zero attached hydrogens (tertiary/aromatic N) is 1. The Bertz CT molecular complexity index is 700. The maximum absolute atomic E-state index is 12.6. The minimum atomic E-state index is -0.869. The van der Waals surface area contributed by atoms with Crippen molar-refractivity contribution in [3.63, 3.8) is 0 Å². The van der Waals surface area contributed by atoms with Crippen LogP contribution < -0.4 is 10.6 Å². The predicted octanol–water partition coefficient (Wildman–Crippen LogP) is 2.70. The maximum Gasteiger partial charge on any atom is 0.303 e. The van der Waals surface area contributed by atoms with Crippen LogP contribution in [0.4, 0.5) is 5.00 Å². The van der Waals surface area contributed by atoms with Gasteiger partial charge in [0.1, 0.15) is 5.00 Å². The molecule has 1 heterocycles. The van der Waals surface area contributed by atoms with Crippen LogP contribution in [0.15, 0.2) is 30.3 Å². The van der Waals surface area contributed by atoms with Gasteiger partial charge in [0.25, 0.3) is 5.91 Å². The van der Waals surface area contributed by atoms with Gasteiger partial charge in [0.15, 0.2) is 0 Å². The molecule has 7 heteroatoms. The fraction of sp³-hybridized carbons (Fsp3) is 0.353. The highest BCUT2D eigenvalue weighted by molar-refractivity contribution is 7.10. The highest BCUT2D eigenvalue weighted by atomic mass is 32.1. The van der Waals surface area contributed by atoms with Gasteiger partial charge in [0.05, 0.1) is 11.3 Å². The molecule has 1 amide bonds. The van der Waals surface area contributed by atoms with E-state index in [4.69, 9.17) is 5.11 Å². The second-order valence-corrected chi connectivity index (χ2v) is 6.29. The number of hydrogen-bond acceptors (Lipinski definition) is 5. The first-order chi connectivity index (χ1) is 11.5. The summed E-state index contributed by atoms with van der Waals surface area (Å²) in [6, 6.07) is 9.47. The lowest BCUT2D eigenvalue weighted by Gasteiger charge is -2.18. The maximum atomic E-state index is 12.6. The van der Waals surface area contributed by atoms with E-state index in [2.05, 4.69) is 15.0 Å². The zero-order chi connectivity index (χ0) is 17.5. The van der Waals surface area contributed by atoms with E-state index in [0.29, 0.717) is 29.1 Å². The molecule has 0 aliphatic rings. The number of nitrogens with one attached hydrogen (secondary N) is 2. The second kappa shape index (κ2) is 8.44. The fourth-order valence-corrected chi connectivity index (χ4v) is 3.23. The molecule has 0 aliphatic heterocycles. The molecule has 0 aliphatic carbocycles. The van der Waals surface area contributed by atoms with Crippen molar-refractivity contribution in [2.75, 3.05) is 12.4 Å². The average Bonchev–Trinajstić information content (AvgIpc) is 2.94. The smallest absolute Gasteiger partial charge is 0.303 e. The molecule has 128 valence electrons. The summed E-state index contributed by atoms with van der Waals surface area (Å²) in [4.78, 5) is 23.5. The van der Waals surface area contributed by atoms with Gasteiger partial charge >= 0.3 is 5.97 Å². The Balaban J connectivity index is 2.12. The summed E-state index contributed by atoms with van der Waals surface area (Å²) in [5, 5.41) is 15.6. The van der Waals surface area contributed by atoms with Crippen LogP contribution in [0.25, 0.3) is 0 Å². The average molecular weight is 347 g/mol. The molecule has 1 aromatic heterocycles. The topological polar surface area (TPSA) is 91.3 Å². The van der Waals surface area contributed by atoms with Crippen molar-refractivity contribution in [1.29, 1.82) is 0 Å².